The molecule has 7 nitrogen and oxygen atoms in total. The lowest BCUT2D eigenvalue weighted by molar-refractivity contribution is -0.136. The standard InChI is InChI=1S/C25H30BrClN4O3/c1-4-16(2)22(29-23(32)18-7-5-8-19(26)13-18)24(33)30-11-12-31(17(3)15-30)25(34)28-21-10-6-9-20(27)14-21/h5-10,13-14,16-17,22H,4,11-12,15H2,1-3H3,(H,28,34)(H,29,32). The minimum Gasteiger partial charge on any atom is -0.340 e. The molecule has 1 heterocycles. The fourth-order valence-electron chi connectivity index (χ4n) is 3.96. The van der Waals surface area contributed by atoms with Crippen LogP contribution in [0.1, 0.15) is 37.6 Å². The Labute approximate surface area is 214 Å². The first kappa shape index (κ1) is 26.0. The first-order valence-corrected chi connectivity index (χ1v) is 12.5. The number of hydrogen-bond donors (Lipinski definition) is 2. The minimum absolute atomic E-state index is 0.0388. The average molecular weight is 550 g/mol. The predicted octanol–water partition coefficient (Wildman–Crippen LogP) is 5.01. The fourth-order valence-corrected chi connectivity index (χ4v) is 4.54. The molecule has 0 bridgehead atoms. The van der Waals surface area contributed by atoms with Gasteiger partial charge in [-0.2, -0.15) is 0 Å². The summed E-state index contributed by atoms with van der Waals surface area (Å²) in [5.41, 5.74) is 1.11. The van der Waals surface area contributed by atoms with Crippen LogP contribution in [0.3, 0.4) is 0 Å². The van der Waals surface area contributed by atoms with Crippen LogP contribution >= 0.6 is 27.5 Å². The van der Waals surface area contributed by atoms with Crippen molar-refractivity contribution in [2.45, 2.75) is 39.3 Å². The van der Waals surface area contributed by atoms with Crippen LogP contribution in [0.5, 0.6) is 0 Å². The van der Waals surface area contributed by atoms with Crippen LogP contribution in [-0.4, -0.2) is 59.4 Å². The van der Waals surface area contributed by atoms with Crippen molar-refractivity contribution in [2.24, 2.45) is 5.92 Å². The quantitative estimate of drug-likeness (QED) is 0.531. The molecule has 0 saturated carbocycles. The first-order valence-electron chi connectivity index (χ1n) is 11.4. The van der Waals surface area contributed by atoms with Gasteiger partial charge < -0.3 is 20.4 Å². The topological polar surface area (TPSA) is 81.8 Å². The molecule has 4 amide bonds. The monoisotopic (exact) mass is 548 g/mol. The van der Waals surface area contributed by atoms with E-state index in [1.807, 2.05) is 26.8 Å². The number of halogens is 2. The van der Waals surface area contributed by atoms with Crippen LogP contribution < -0.4 is 10.6 Å². The van der Waals surface area contributed by atoms with Gasteiger partial charge >= 0.3 is 6.03 Å². The van der Waals surface area contributed by atoms with Gasteiger partial charge in [0.15, 0.2) is 0 Å². The molecule has 182 valence electrons. The van der Waals surface area contributed by atoms with Gasteiger partial charge in [-0.15, -0.1) is 0 Å². The number of rotatable bonds is 6. The molecule has 0 aromatic heterocycles. The Morgan fingerprint density at radius 3 is 2.53 bits per heavy atom. The van der Waals surface area contributed by atoms with Gasteiger partial charge in [0.1, 0.15) is 6.04 Å². The fraction of sp³-hybridized carbons (Fsp3) is 0.400. The molecular formula is C25H30BrClN4O3. The number of anilines is 1. The highest BCUT2D eigenvalue weighted by Crippen LogP contribution is 2.20. The van der Waals surface area contributed by atoms with Crippen molar-refractivity contribution in [3.8, 4) is 0 Å². The van der Waals surface area contributed by atoms with Gasteiger partial charge in [-0.3, -0.25) is 9.59 Å². The van der Waals surface area contributed by atoms with E-state index in [1.165, 1.54) is 0 Å². The molecule has 0 radical (unpaired) electrons. The molecule has 9 heteroatoms. The van der Waals surface area contributed by atoms with Crippen LogP contribution in [-0.2, 0) is 4.79 Å². The molecular weight excluding hydrogens is 520 g/mol. The molecule has 0 spiro atoms. The van der Waals surface area contributed by atoms with Crippen molar-refractivity contribution in [1.29, 1.82) is 0 Å². The number of piperazine rings is 1. The zero-order valence-electron chi connectivity index (χ0n) is 19.6. The van der Waals surface area contributed by atoms with Gasteiger partial charge in [-0.25, -0.2) is 4.79 Å². The summed E-state index contributed by atoms with van der Waals surface area (Å²) in [6.07, 6.45) is 0.743. The first-order chi connectivity index (χ1) is 16.2. The zero-order valence-corrected chi connectivity index (χ0v) is 21.9. The number of nitrogens with zero attached hydrogens (tertiary/aromatic N) is 2. The Morgan fingerprint density at radius 2 is 1.88 bits per heavy atom. The summed E-state index contributed by atoms with van der Waals surface area (Å²) in [5.74, 6) is -0.449. The van der Waals surface area contributed by atoms with Gasteiger partial charge in [0.2, 0.25) is 5.91 Å². The Balaban J connectivity index is 1.65. The van der Waals surface area contributed by atoms with E-state index in [2.05, 4.69) is 26.6 Å². The lowest BCUT2D eigenvalue weighted by Crippen LogP contribution is -2.60. The molecule has 1 aliphatic heterocycles. The van der Waals surface area contributed by atoms with Crippen molar-refractivity contribution < 1.29 is 14.4 Å². The Bertz CT molecular complexity index is 1050. The molecule has 34 heavy (non-hydrogen) atoms. The molecule has 2 aromatic carbocycles. The highest BCUT2D eigenvalue weighted by atomic mass is 79.9. The highest BCUT2D eigenvalue weighted by Gasteiger charge is 2.35. The van der Waals surface area contributed by atoms with Crippen molar-refractivity contribution in [3.63, 3.8) is 0 Å². The SMILES string of the molecule is CCC(C)C(NC(=O)c1cccc(Br)c1)C(=O)N1CCN(C(=O)Nc2cccc(Cl)c2)C(C)C1. The lowest BCUT2D eigenvalue weighted by Gasteiger charge is -2.41. The average Bonchev–Trinajstić information content (AvgIpc) is 2.81. The maximum absolute atomic E-state index is 13.5. The van der Waals surface area contributed by atoms with Crippen LogP contribution in [0.4, 0.5) is 10.5 Å². The van der Waals surface area contributed by atoms with Crippen molar-refractivity contribution in [2.75, 3.05) is 25.0 Å². The summed E-state index contributed by atoms with van der Waals surface area (Å²) in [6.45, 7) is 7.05. The summed E-state index contributed by atoms with van der Waals surface area (Å²) in [4.78, 5) is 42.5. The van der Waals surface area contributed by atoms with Gasteiger partial charge in [0.05, 0.1) is 0 Å². The van der Waals surface area contributed by atoms with Crippen LogP contribution in [0.2, 0.25) is 5.02 Å². The molecule has 0 aliphatic carbocycles. The molecule has 1 aliphatic rings. The zero-order chi connectivity index (χ0) is 24.8. The summed E-state index contributed by atoms with van der Waals surface area (Å²) in [7, 11) is 0. The van der Waals surface area contributed by atoms with Gasteiger partial charge in [0.25, 0.3) is 5.91 Å². The number of urea groups is 1. The van der Waals surface area contributed by atoms with E-state index < -0.39 is 6.04 Å². The maximum atomic E-state index is 13.5. The van der Waals surface area contributed by atoms with Gasteiger partial charge in [-0.1, -0.05) is 59.9 Å². The van der Waals surface area contributed by atoms with Crippen LogP contribution in [0.15, 0.2) is 53.0 Å². The molecule has 2 aromatic rings. The third-order valence-electron chi connectivity index (χ3n) is 6.13. The minimum atomic E-state index is -0.643. The second-order valence-corrected chi connectivity index (χ2v) is 9.97. The number of carbonyl (C=O) groups is 3. The number of nitrogens with one attached hydrogen (secondary N) is 2. The Kier molecular flexibility index (Phi) is 8.97. The smallest absolute Gasteiger partial charge is 0.322 e. The normalized spacial score (nSPS) is 17.6. The summed E-state index contributed by atoms with van der Waals surface area (Å²) in [6, 6.07) is 13.0. The molecule has 2 N–H and O–H groups in total. The highest BCUT2D eigenvalue weighted by molar-refractivity contribution is 9.10. The Morgan fingerprint density at radius 1 is 1.15 bits per heavy atom. The van der Waals surface area contributed by atoms with Gasteiger partial charge in [0, 0.05) is 46.4 Å². The van der Waals surface area contributed by atoms with E-state index >= 15 is 0 Å². The van der Waals surface area contributed by atoms with Crippen molar-refractivity contribution in [1.82, 2.24) is 15.1 Å². The van der Waals surface area contributed by atoms with Crippen LogP contribution in [0, 0.1) is 5.92 Å². The Hall–Kier alpha value is -2.58. The third-order valence-corrected chi connectivity index (χ3v) is 6.86. The largest absolute Gasteiger partial charge is 0.340 e. The molecule has 1 fully saturated rings. The van der Waals surface area contributed by atoms with E-state index in [9.17, 15) is 14.4 Å². The summed E-state index contributed by atoms with van der Waals surface area (Å²) in [5, 5.41) is 6.35. The third kappa shape index (κ3) is 6.51. The van der Waals surface area contributed by atoms with Crippen LogP contribution in [0.25, 0.3) is 0 Å². The van der Waals surface area contributed by atoms with E-state index in [-0.39, 0.29) is 29.8 Å². The molecule has 3 rings (SSSR count). The van der Waals surface area contributed by atoms with Gasteiger partial charge in [-0.05, 0) is 49.2 Å². The molecule has 3 unspecified atom stereocenters. The predicted molar refractivity (Wildman–Crippen MR) is 138 cm³/mol. The lowest BCUT2D eigenvalue weighted by atomic mass is 9.96. The van der Waals surface area contributed by atoms with E-state index in [1.54, 1.807) is 52.3 Å². The number of amides is 4. The van der Waals surface area contributed by atoms with Crippen molar-refractivity contribution in [3.05, 3.63) is 63.6 Å². The molecule has 3 atom stereocenters. The summed E-state index contributed by atoms with van der Waals surface area (Å²) < 4.78 is 0.799. The number of carbonyl (C=O) groups excluding carboxylic acids is 3. The van der Waals surface area contributed by atoms with E-state index in [0.717, 1.165) is 10.9 Å². The summed E-state index contributed by atoms with van der Waals surface area (Å²) >= 11 is 9.39. The van der Waals surface area contributed by atoms with E-state index in [4.69, 9.17) is 11.6 Å². The second-order valence-electron chi connectivity index (χ2n) is 8.61. The second kappa shape index (κ2) is 11.7. The van der Waals surface area contributed by atoms with Crippen molar-refractivity contribution >= 4 is 51.1 Å². The maximum Gasteiger partial charge on any atom is 0.322 e. The molecule has 1 saturated heterocycles. The number of hydrogen-bond acceptors (Lipinski definition) is 3. The number of benzene rings is 2. The van der Waals surface area contributed by atoms with E-state index in [0.29, 0.717) is 35.9 Å².